The first-order valence-corrected chi connectivity index (χ1v) is 5.91. The molecule has 2 rings (SSSR count). The van der Waals surface area contributed by atoms with Crippen molar-refractivity contribution in [2.75, 3.05) is 11.1 Å². The zero-order chi connectivity index (χ0) is 13.7. The van der Waals surface area contributed by atoms with Crippen LogP contribution < -0.4 is 11.1 Å². The first kappa shape index (κ1) is 12.9. The van der Waals surface area contributed by atoms with Gasteiger partial charge in [0.2, 0.25) is 5.91 Å². The average molecular weight is 251 g/mol. The number of anilines is 2. The molecule has 3 heteroatoms. The van der Waals surface area contributed by atoms with E-state index in [4.69, 9.17) is 5.73 Å². The molecule has 0 aliphatic rings. The molecule has 0 aromatic heterocycles. The summed E-state index contributed by atoms with van der Waals surface area (Å²) in [6, 6.07) is 14.8. The quantitative estimate of drug-likeness (QED) is 0.650. The smallest absolute Gasteiger partial charge is 0.248 e. The highest BCUT2D eigenvalue weighted by atomic mass is 16.1. The maximum atomic E-state index is 11.7. The number of hydrogen-bond acceptors (Lipinski definition) is 2. The van der Waals surface area contributed by atoms with Crippen LogP contribution in [0.15, 0.2) is 54.6 Å². The van der Waals surface area contributed by atoms with Crippen LogP contribution >= 0.6 is 0 Å². The van der Waals surface area contributed by atoms with Crippen LogP contribution in [0.2, 0.25) is 0 Å². The molecule has 19 heavy (non-hydrogen) atoms. The van der Waals surface area contributed by atoms with Crippen LogP contribution in [0.4, 0.5) is 11.4 Å². The maximum absolute atomic E-state index is 11.7. The first-order chi connectivity index (χ1) is 9.15. The Bertz CT molecular complexity index is 600. The fourth-order valence-corrected chi connectivity index (χ4v) is 1.59. The Labute approximate surface area is 112 Å². The third-order valence-electron chi connectivity index (χ3n) is 2.63. The van der Waals surface area contributed by atoms with Gasteiger partial charge >= 0.3 is 0 Å². The molecule has 3 N–H and O–H groups in total. The molecular weight excluding hydrogens is 236 g/mol. The second-order valence-corrected chi connectivity index (χ2v) is 4.15. The summed E-state index contributed by atoms with van der Waals surface area (Å²) in [5, 5.41) is 2.73. The molecule has 0 atom stereocenters. The molecule has 2 aromatic rings. The molecule has 0 aliphatic carbocycles. The highest BCUT2D eigenvalue weighted by Crippen LogP contribution is 2.16. The van der Waals surface area contributed by atoms with Gasteiger partial charge < -0.3 is 11.1 Å². The van der Waals surface area contributed by atoms with E-state index in [2.05, 4.69) is 12.2 Å². The predicted molar refractivity (Wildman–Crippen MR) is 79.4 cm³/mol. The first-order valence-electron chi connectivity index (χ1n) is 5.91. The molecule has 0 saturated carbocycles. The van der Waals surface area contributed by atoms with E-state index in [9.17, 15) is 4.79 Å². The highest BCUT2D eigenvalue weighted by molar-refractivity contribution is 6.03. The van der Waals surface area contributed by atoms with Crippen molar-refractivity contribution in [1.29, 1.82) is 0 Å². The van der Waals surface area contributed by atoms with Crippen molar-refractivity contribution >= 4 is 23.4 Å². The number of amides is 1. The third-order valence-corrected chi connectivity index (χ3v) is 2.63. The topological polar surface area (TPSA) is 55.1 Å². The minimum atomic E-state index is -0.211. The Morgan fingerprint density at radius 1 is 1.11 bits per heavy atom. The number of benzene rings is 2. The fourth-order valence-electron chi connectivity index (χ4n) is 1.59. The van der Waals surface area contributed by atoms with E-state index in [1.807, 2.05) is 36.4 Å². The third kappa shape index (κ3) is 3.71. The van der Waals surface area contributed by atoms with Crippen molar-refractivity contribution < 1.29 is 4.79 Å². The Hall–Kier alpha value is -2.55. The zero-order valence-electron chi connectivity index (χ0n) is 10.5. The number of nitrogen functional groups attached to an aromatic ring is 1. The Kier molecular flexibility index (Phi) is 3.98. The number of hydrogen-bond donors (Lipinski definition) is 2. The van der Waals surface area contributed by atoms with Gasteiger partial charge in [-0.05, 0) is 36.3 Å². The largest absolute Gasteiger partial charge is 0.397 e. The van der Waals surface area contributed by atoms with Crippen LogP contribution in [0.3, 0.4) is 0 Å². The van der Waals surface area contributed by atoms with Crippen LogP contribution in [0.5, 0.6) is 0 Å². The monoisotopic (exact) mass is 251 g/mol. The summed E-state index contributed by atoms with van der Waals surface area (Å²) in [6.45, 7) is 3.81. The Morgan fingerprint density at radius 3 is 2.47 bits per heavy atom. The minimum absolute atomic E-state index is 0.211. The highest BCUT2D eigenvalue weighted by Gasteiger charge is 2.00. The van der Waals surface area contributed by atoms with E-state index in [1.54, 1.807) is 18.2 Å². The predicted octanol–water partition coefficient (Wildman–Crippen LogP) is 3.10. The van der Waals surface area contributed by atoms with Crippen molar-refractivity contribution in [3.05, 3.63) is 72.7 Å². The Morgan fingerprint density at radius 2 is 1.79 bits per heavy atom. The number of rotatable bonds is 3. The number of carbonyl (C=O) groups is 1. The van der Waals surface area contributed by atoms with Gasteiger partial charge in [-0.2, -0.15) is 0 Å². The van der Waals surface area contributed by atoms with Gasteiger partial charge in [-0.3, -0.25) is 4.79 Å². The van der Waals surface area contributed by atoms with Crippen LogP contribution in [-0.4, -0.2) is 5.91 Å². The summed E-state index contributed by atoms with van der Waals surface area (Å²) in [5.74, 6) is -0.211. The summed E-state index contributed by atoms with van der Waals surface area (Å²) in [4.78, 5) is 11.7. The average Bonchev–Trinajstić information content (AvgIpc) is 2.41. The van der Waals surface area contributed by atoms with Gasteiger partial charge in [0, 0.05) is 6.08 Å². The molecule has 0 spiro atoms. The lowest BCUT2D eigenvalue weighted by Crippen LogP contribution is -2.09. The minimum Gasteiger partial charge on any atom is -0.397 e. The van der Waals surface area contributed by atoms with Crippen molar-refractivity contribution in [2.24, 2.45) is 0 Å². The van der Waals surface area contributed by atoms with E-state index >= 15 is 0 Å². The molecule has 2 aromatic carbocycles. The van der Waals surface area contributed by atoms with E-state index in [0.717, 1.165) is 11.1 Å². The van der Waals surface area contributed by atoms with E-state index in [-0.39, 0.29) is 5.91 Å². The van der Waals surface area contributed by atoms with Gasteiger partial charge in [0.1, 0.15) is 0 Å². The zero-order valence-corrected chi connectivity index (χ0v) is 10.5. The normalized spacial score (nSPS) is 10.6. The maximum Gasteiger partial charge on any atom is 0.248 e. The lowest BCUT2D eigenvalue weighted by molar-refractivity contribution is -0.111. The van der Waals surface area contributed by atoms with Gasteiger partial charge in [0.25, 0.3) is 0 Å². The summed E-state index contributed by atoms with van der Waals surface area (Å²) in [5.41, 5.74) is 8.80. The number of carbonyl (C=O) groups excluding carboxylic acids is 1. The van der Waals surface area contributed by atoms with E-state index < -0.39 is 0 Å². The van der Waals surface area contributed by atoms with Gasteiger partial charge in [0.05, 0.1) is 11.4 Å². The number of para-hydroxylation sites is 2. The summed E-state index contributed by atoms with van der Waals surface area (Å²) in [7, 11) is 0. The van der Waals surface area contributed by atoms with E-state index in [1.165, 1.54) is 6.08 Å². The van der Waals surface area contributed by atoms with Gasteiger partial charge in [-0.15, -0.1) is 0 Å². The SMILES string of the molecule is [CH2]c1ccc(/C=C/C(=O)Nc2ccccc2N)cc1. The van der Waals surface area contributed by atoms with Crippen molar-refractivity contribution in [3.63, 3.8) is 0 Å². The number of nitrogens with one attached hydrogen (secondary N) is 1. The molecule has 1 radical (unpaired) electrons. The molecular formula is C16H15N2O. The van der Waals surface area contributed by atoms with Gasteiger partial charge in [0.15, 0.2) is 0 Å². The lowest BCUT2D eigenvalue weighted by Gasteiger charge is -2.04. The van der Waals surface area contributed by atoms with Crippen LogP contribution in [-0.2, 0) is 4.79 Å². The summed E-state index contributed by atoms with van der Waals surface area (Å²) in [6.07, 6.45) is 3.22. The Balaban J connectivity index is 2.02. The molecule has 0 saturated heterocycles. The second-order valence-electron chi connectivity index (χ2n) is 4.15. The van der Waals surface area contributed by atoms with E-state index in [0.29, 0.717) is 11.4 Å². The number of nitrogens with two attached hydrogens (primary N) is 1. The lowest BCUT2D eigenvalue weighted by atomic mass is 10.1. The van der Waals surface area contributed by atoms with Crippen LogP contribution in [0.1, 0.15) is 11.1 Å². The summed E-state index contributed by atoms with van der Waals surface area (Å²) >= 11 is 0. The van der Waals surface area contributed by atoms with Crippen molar-refractivity contribution in [3.8, 4) is 0 Å². The molecule has 0 heterocycles. The molecule has 0 aliphatic heterocycles. The molecule has 1 amide bonds. The molecule has 0 bridgehead atoms. The van der Waals surface area contributed by atoms with Crippen LogP contribution in [0, 0.1) is 6.92 Å². The van der Waals surface area contributed by atoms with Gasteiger partial charge in [-0.1, -0.05) is 36.4 Å². The van der Waals surface area contributed by atoms with Gasteiger partial charge in [-0.25, -0.2) is 0 Å². The molecule has 0 unspecified atom stereocenters. The second kappa shape index (κ2) is 5.87. The van der Waals surface area contributed by atoms with Crippen molar-refractivity contribution in [1.82, 2.24) is 0 Å². The fraction of sp³-hybridized carbons (Fsp3) is 0. The van der Waals surface area contributed by atoms with Crippen molar-refractivity contribution in [2.45, 2.75) is 0 Å². The standard InChI is InChI=1S/C16H15N2O/c1-12-6-8-13(9-7-12)10-11-16(19)18-15-5-3-2-4-14(15)17/h2-11H,1,17H2,(H,18,19)/b11-10+. The molecule has 95 valence electrons. The van der Waals surface area contributed by atoms with Crippen LogP contribution in [0.25, 0.3) is 6.08 Å². The summed E-state index contributed by atoms with van der Waals surface area (Å²) < 4.78 is 0. The molecule has 3 nitrogen and oxygen atoms in total. The molecule has 0 fully saturated rings.